The molecule has 1 amide bonds. The third kappa shape index (κ3) is 5.78. The van der Waals surface area contributed by atoms with Crippen molar-refractivity contribution in [1.82, 2.24) is 14.9 Å². The van der Waals surface area contributed by atoms with Gasteiger partial charge >= 0.3 is 5.51 Å². The number of nitrogens with one attached hydrogen (secondary N) is 3. The van der Waals surface area contributed by atoms with Crippen LogP contribution in [0.25, 0.3) is 11.1 Å². The largest absolute Gasteiger partial charge is 0.492 e. The van der Waals surface area contributed by atoms with E-state index < -0.39 is 56.9 Å². The van der Waals surface area contributed by atoms with Gasteiger partial charge < -0.3 is 10.2 Å². The third-order valence-corrected chi connectivity index (χ3v) is 7.24. The van der Waals surface area contributed by atoms with Gasteiger partial charge in [-0.3, -0.25) is 4.79 Å². The number of likely N-dealkylation sites (tertiary alicyclic amines) is 1. The van der Waals surface area contributed by atoms with Crippen molar-refractivity contribution >= 4 is 15.8 Å². The number of alkyl halides is 3. The highest BCUT2D eigenvalue weighted by molar-refractivity contribution is 7.91. The first-order chi connectivity index (χ1) is 16.2. The summed E-state index contributed by atoms with van der Waals surface area (Å²) in [6, 6.07) is 3.57. The molecule has 1 saturated heterocycles. The normalized spacial score (nSPS) is 21.1. The van der Waals surface area contributed by atoms with Crippen molar-refractivity contribution < 1.29 is 35.3 Å². The second-order valence-electron chi connectivity index (χ2n) is 8.27. The molecule has 1 heterocycles. The number of hydrogen-bond donors (Lipinski definition) is 3. The lowest BCUT2D eigenvalue weighted by Crippen LogP contribution is -2.53. The van der Waals surface area contributed by atoms with Crippen LogP contribution in [-0.2, 0) is 21.1 Å². The molecular weight excluding hydrogens is 498 g/mol. The fourth-order valence-corrected chi connectivity index (χ4v) is 4.90. The highest BCUT2D eigenvalue weighted by Crippen LogP contribution is 2.31. The van der Waals surface area contributed by atoms with E-state index in [2.05, 4.69) is 5.32 Å². The van der Waals surface area contributed by atoms with Crippen LogP contribution in [0.2, 0.25) is 0 Å². The Kier molecular flexibility index (Phi) is 7.82. The molecule has 2 aromatic carbocycles. The van der Waals surface area contributed by atoms with Gasteiger partial charge in [0, 0.05) is 24.2 Å². The summed E-state index contributed by atoms with van der Waals surface area (Å²) in [6.45, 7) is 1.54. The summed E-state index contributed by atoms with van der Waals surface area (Å²) in [7, 11) is -3.71. The van der Waals surface area contributed by atoms with Gasteiger partial charge in [-0.2, -0.15) is 13.2 Å². The maximum absolute atomic E-state index is 15.4. The van der Waals surface area contributed by atoms with E-state index in [4.69, 9.17) is 4.78 Å². The molecule has 2 aromatic rings. The molecule has 35 heavy (non-hydrogen) atoms. The van der Waals surface area contributed by atoms with Crippen LogP contribution < -0.4 is 10.0 Å². The van der Waals surface area contributed by atoms with Crippen molar-refractivity contribution in [3.05, 3.63) is 59.4 Å². The maximum atomic E-state index is 15.4. The highest BCUT2D eigenvalue weighted by Gasteiger charge is 2.47. The van der Waals surface area contributed by atoms with E-state index in [0.717, 1.165) is 12.1 Å². The van der Waals surface area contributed by atoms with Gasteiger partial charge in [-0.1, -0.05) is 18.2 Å². The molecule has 0 spiro atoms. The lowest BCUT2D eigenvalue weighted by Gasteiger charge is -2.31. The Morgan fingerprint density at radius 2 is 1.83 bits per heavy atom. The van der Waals surface area contributed by atoms with Crippen LogP contribution in [0.15, 0.2) is 36.4 Å². The van der Waals surface area contributed by atoms with Gasteiger partial charge in [-0.25, -0.2) is 26.9 Å². The Morgan fingerprint density at radius 1 is 1.20 bits per heavy atom. The molecule has 192 valence electrons. The third-order valence-electron chi connectivity index (χ3n) is 5.96. The predicted molar refractivity (Wildman–Crippen MR) is 118 cm³/mol. The first-order valence-electron chi connectivity index (χ1n) is 10.6. The van der Waals surface area contributed by atoms with Crippen molar-refractivity contribution in [2.45, 2.75) is 43.4 Å². The topological polar surface area (TPSA) is 85.3 Å². The van der Waals surface area contributed by atoms with Gasteiger partial charge in [0.25, 0.3) is 0 Å². The summed E-state index contributed by atoms with van der Waals surface area (Å²) >= 11 is 0. The van der Waals surface area contributed by atoms with Crippen LogP contribution in [0, 0.1) is 22.2 Å². The van der Waals surface area contributed by atoms with Gasteiger partial charge in [0.05, 0.1) is 12.1 Å². The lowest BCUT2D eigenvalue weighted by atomic mass is 9.95. The van der Waals surface area contributed by atoms with Gasteiger partial charge in [-0.05, 0) is 50.1 Å². The van der Waals surface area contributed by atoms with E-state index in [1.807, 2.05) is 4.72 Å². The predicted octanol–water partition coefficient (Wildman–Crippen LogP) is 3.96. The lowest BCUT2D eigenvalue weighted by molar-refractivity contribution is -0.133. The van der Waals surface area contributed by atoms with Gasteiger partial charge in [-0.15, -0.1) is 0 Å². The summed E-state index contributed by atoms with van der Waals surface area (Å²) in [5, 5.41) is 2.74. The van der Waals surface area contributed by atoms with E-state index in [1.165, 1.54) is 30.1 Å². The Labute approximate surface area is 198 Å². The first-order valence-corrected chi connectivity index (χ1v) is 12.1. The van der Waals surface area contributed by atoms with Gasteiger partial charge in [0.15, 0.2) is 0 Å². The van der Waals surface area contributed by atoms with Crippen LogP contribution >= 0.6 is 0 Å². The molecule has 0 saturated carbocycles. The molecule has 1 fully saturated rings. The molecule has 4 atom stereocenters. The molecule has 1 unspecified atom stereocenters. The smallest absolute Gasteiger partial charge is 0.336 e. The standard InChI is InChI=1S/C22H24F6N4O2S/c1-12(30-2)21(33)32-7-6-18(31-35(29,34)22(26,27)28)19(32)10-13-4-3-5-17(20(13)25)14-8-15(23)11-16(24)9-14/h3-5,8-9,11-12,18-19,30H,6-7,10H2,1-2H3,(H2,29,31,34)/t12-,18-,19-,35?/m0/s1. The van der Waals surface area contributed by atoms with E-state index in [9.17, 15) is 31.0 Å². The minimum absolute atomic E-state index is 0.00299. The molecule has 13 heteroatoms. The fourth-order valence-electron chi connectivity index (χ4n) is 4.06. The molecule has 6 nitrogen and oxygen atoms in total. The Balaban J connectivity index is 2.00. The number of carbonyl (C=O) groups is 1. The summed E-state index contributed by atoms with van der Waals surface area (Å²) < 4.78 is 103. The van der Waals surface area contributed by atoms with Crippen molar-refractivity contribution in [2.24, 2.45) is 0 Å². The zero-order valence-corrected chi connectivity index (χ0v) is 19.6. The fraction of sp³-hybridized carbons (Fsp3) is 0.409. The summed E-state index contributed by atoms with van der Waals surface area (Å²) in [5.74, 6) is -3.16. The molecular formula is C22H24F6N4O2S. The van der Waals surface area contributed by atoms with Crippen molar-refractivity contribution in [3.8, 4) is 11.1 Å². The average Bonchev–Trinajstić information content (AvgIpc) is 3.13. The minimum Gasteiger partial charge on any atom is -0.336 e. The zero-order chi connectivity index (χ0) is 26.1. The Hall–Kier alpha value is -2.64. The summed E-state index contributed by atoms with van der Waals surface area (Å²) in [4.78, 5) is 14.1. The minimum atomic E-state index is -5.35. The molecule has 0 aromatic heterocycles. The number of carbonyl (C=O) groups excluding carboxylic acids is 1. The number of amides is 1. The first kappa shape index (κ1) is 27.0. The number of halogens is 6. The second-order valence-corrected chi connectivity index (χ2v) is 10.1. The molecule has 1 aliphatic rings. The number of likely N-dealkylation sites (N-methyl/N-ethyl adjacent to an activating group) is 1. The Bertz CT molecular complexity index is 1180. The maximum Gasteiger partial charge on any atom is 0.492 e. The molecule has 0 radical (unpaired) electrons. The summed E-state index contributed by atoms with van der Waals surface area (Å²) in [6.07, 6.45) is -0.333. The van der Waals surface area contributed by atoms with E-state index in [-0.39, 0.29) is 36.1 Å². The van der Waals surface area contributed by atoms with E-state index in [1.54, 1.807) is 6.92 Å². The quantitative estimate of drug-likeness (QED) is 0.482. The molecule has 0 bridgehead atoms. The number of hydrogen-bond acceptors (Lipinski definition) is 4. The second kappa shape index (κ2) is 10.2. The van der Waals surface area contributed by atoms with Crippen molar-refractivity contribution in [1.29, 1.82) is 4.78 Å². The number of benzene rings is 2. The molecule has 1 aliphatic heterocycles. The van der Waals surface area contributed by atoms with E-state index >= 15 is 4.39 Å². The molecule has 3 rings (SSSR count). The van der Waals surface area contributed by atoms with Crippen LogP contribution in [0.5, 0.6) is 0 Å². The molecule has 3 N–H and O–H groups in total. The van der Waals surface area contributed by atoms with Crippen LogP contribution in [-0.4, -0.2) is 52.2 Å². The number of nitrogens with zero attached hydrogens (tertiary/aromatic N) is 1. The number of rotatable bonds is 7. The van der Waals surface area contributed by atoms with Crippen LogP contribution in [0.4, 0.5) is 26.3 Å². The van der Waals surface area contributed by atoms with Crippen LogP contribution in [0.1, 0.15) is 18.9 Å². The highest BCUT2D eigenvalue weighted by atomic mass is 32.2. The zero-order valence-electron chi connectivity index (χ0n) is 18.8. The van der Waals surface area contributed by atoms with E-state index in [0.29, 0.717) is 6.07 Å². The Morgan fingerprint density at radius 3 is 2.40 bits per heavy atom. The monoisotopic (exact) mass is 522 g/mol. The van der Waals surface area contributed by atoms with Crippen molar-refractivity contribution in [2.75, 3.05) is 13.6 Å². The van der Waals surface area contributed by atoms with Gasteiger partial charge in [0.1, 0.15) is 17.5 Å². The SMILES string of the molecule is CN[C@@H](C)C(=O)N1CC[C@H](NS(=N)(=O)C(F)(F)F)[C@@H]1Cc1cccc(-c2cc(F)cc(F)c2)c1F. The van der Waals surface area contributed by atoms with Crippen LogP contribution in [0.3, 0.4) is 0 Å². The van der Waals surface area contributed by atoms with Gasteiger partial charge in [0.2, 0.25) is 15.8 Å². The average molecular weight is 523 g/mol. The molecule has 0 aliphatic carbocycles. The summed E-state index contributed by atoms with van der Waals surface area (Å²) in [5.41, 5.74) is -5.58. The van der Waals surface area contributed by atoms with Crippen molar-refractivity contribution in [3.63, 3.8) is 0 Å².